The Labute approximate surface area is 111 Å². The molecule has 1 aromatic rings. The van der Waals surface area contributed by atoms with E-state index in [2.05, 4.69) is 15.7 Å². The Morgan fingerprint density at radius 2 is 2.05 bits per heavy atom. The van der Waals surface area contributed by atoms with E-state index in [4.69, 9.17) is 5.84 Å². The van der Waals surface area contributed by atoms with Crippen LogP contribution in [0.2, 0.25) is 0 Å². The molecule has 1 saturated carbocycles. The van der Waals surface area contributed by atoms with Gasteiger partial charge in [-0.25, -0.2) is 10.8 Å². The Balaban J connectivity index is 1.94. The number of hydrazine groups is 1. The minimum Gasteiger partial charge on any atom is -0.370 e. The van der Waals surface area contributed by atoms with E-state index in [1.807, 2.05) is 0 Å². The standard InChI is InChI=1S/C12H19N5O2/c13-16-12-8-10(17(18)19)7-11(15-12)14-6-5-9-3-1-2-4-9/h7-9H,1-6,13H2,(H2,14,15,16). The summed E-state index contributed by atoms with van der Waals surface area (Å²) in [6.45, 7) is 0.781. The molecule has 1 fully saturated rings. The minimum atomic E-state index is -0.454. The summed E-state index contributed by atoms with van der Waals surface area (Å²) in [7, 11) is 0. The first-order valence-corrected chi connectivity index (χ1v) is 6.56. The van der Waals surface area contributed by atoms with Crippen LogP contribution in [0.25, 0.3) is 0 Å². The lowest BCUT2D eigenvalue weighted by Crippen LogP contribution is -2.12. The van der Waals surface area contributed by atoms with Crippen LogP contribution in [-0.2, 0) is 0 Å². The van der Waals surface area contributed by atoms with Crippen molar-refractivity contribution in [3.8, 4) is 0 Å². The van der Waals surface area contributed by atoms with Crippen molar-refractivity contribution in [3.63, 3.8) is 0 Å². The summed E-state index contributed by atoms with van der Waals surface area (Å²) in [6, 6.07) is 2.73. The van der Waals surface area contributed by atoms with Crippen LogP contribution in [0.1, 0.15) is 32.1 Å². The van der Waals surface area contributed by atoms with E-state index in [1.165, 1.54) is 37.8 Å². The van der Waals surface area contributed by atoms with Gasteiger partial charge >= 0.3 is 0 Å². The van der Waals surface area contributed by atoms with Gasteiger partial charge < -0.3 is 10.7 Å². The van der Waals surface area contributed by atoms with Crippen molar-refractivity contribution >= 4 is 17.3 Å². The van der Waals surface area contributed by atoms with Gasteiger partial charge in [-0.3, -0.25) is 10.1 Å². The monoisotopic (exact) mass is 265 g/mol. The van der Waals surface area contributed by atoms with Gasteiger partial charge in [0.05, 0.1) is 17.1 Å². The smallest absolute Gasteiger partial charge is 0.276 e. The maximum absolute atomic E-state index is 10.8. The lowest BCUT2D eigenvalue weighted by Gasteiger charge is -2.11. The van der Waals surface area contributed by atoms with E-state index >= 15 is 0 Å². The summed E-state index contributed by atoms with van der Waals surface area (Å²) in [6.07, 6.45) is 6.30. The highest BCUT2D eigenvalue weighted by molar-refractivity contribution is 5.54. The second-order valence-electron chi connectivity index (χ2n) is 4.86. The van der Waals surface area contributed by atoms with Crippen molar-refractivity contribution in [1.82, 2.24) is 4.98 Å². The molecule has 0 atom stereocenters. The van der Waals surface area contributed by atoms with E-state index in [0.717, 1.165) is 18.9 Å². The maximum atomic E-state index is 10.8. The van der Waals surface area contributed by atoms with Gasteiger partial charge in [0.1, 0.15) is 11.6 Å². The zero-order valence-electron chi connectivity index (χ0n) is 10.8. The highest BCUT2D eigenvalue weighted by Crippen LogP contribution is 2.27. The van der Waals surface area contributed by atoms with Crippen LogP contribution >= 0.6 is 0 Å². The van der Waals surface area contributed by atoms with Crippen LogP contribution in [0.4, 0.5) is 17.3 Å². The molecule has 7 nitrogen and oxygen atoms in total. The number of nitrogens with two attached hydrogens (primary N) is 1. The van der Waals surface area contributed by atoms with Crippen LogP contribution in [0.5, 0.6) is 0 Å². The summed E-state index contributed by atoms with van der Waals surface area (Å²) in [5.74, 6) is 6.80. The van der Waals surface area contributed by atoms with Crippen LogP contribution in [0, 0.1) is 16.0 Å². The van der Waals surface area contributed by atoms with Crippen molar-refractivity contribution in [2.24, 2.45) is 11.8 Å². The Hall–Kier alpha value is -1.89. The molecule has 1 heterocycles. The third kappa shape index (κ3) is 3.78. The number of hydrogen-bond acceptors (Lipinski definition) is 6. The number of hydrogen-bond donors (Lipinski definition) is 3. The summed E-state index contributed by atoms with van der Waals surface area (Å²) in [4.78, 5) is 14.5. The summed E-state index contributed by atoms with van der Waals surface area (Å²) >= 11 is 0. The van der Waals surface area contributed by atoms with E-state index in [0.29, 0.717) is 5.82 Å². The molecule has 19 heavy (non-hydrogen) atoms. The maximum Gasteiger partial charge on any atom is 0.276 e. The topological polar surface area (TPSA) is 106 Å². The quantitative estimate of drug-likeness (QED) is 0.414. The highest BCUT2D eigenvalue weighted by atomic mass is 16.6. The molecule has 0 aromatic carbocycles. The molecule has 0 unspecified atom stereocenters. The molecular formula is C12H19N5O2. The molecule has 1 aliphatic rings. The van der Waals surface area contributed by atoms with Crippen molar-refractivity contribution in [2.45, 2.75) is 32.1 Å². The van der Waals surface area contributed by atoms with Gasteiger partial charge in [0.15, 0.2) is 0 Å². The van der Waals surface area contributed by atoms with Crippen LogP contribution in [0.3, 0.4) is 0 Å². The van der Waals surface area contributed by atoms with Gasteiger partial charge in [-0.05, 0) is 12.3 Å². The van der Waals surface area contributed by atoms with Gasteiger partial charge in [-0.2, -0.15) is 0 Å². The number of nitro groups is 1. The molecule has 0 radical (unpaired) electrons. The second-order valence-corrected chi connectivity index (χ2v) is 4.86. The molecule has 2 rings (SSSR count). The van der Waals surface area contributed by atoms with Crippen LogP contribution < -0.4 is 16.6 Å². The molecule has 0 bridgehead atoms. The molecule has 0 aliphatic heterocycles. The number of anilines is 2. The Bertz CT molecular complexity index is 446. The third-order valence-electron chi connectivity index (χ3n) is 3.50. The minimum absolute atomic E-state index is 0.0219. The number of aromatic nitrogens is 1. The molecule has 1 aromatic heterocycles. The molecule has 0 spiro atoms. The SMILES string of the molecule is NNc1cc([N+](=O)[O-])cc(NCCC2CCCC2)n1. The Kier molecular flexibility index (Phi) is 4.51. The largest absolute Gasteiger partial charge is 0.370 e. The van der Waals surface area contributed by atoms with Gasteiger partial charge in [0.2, 0.25) is 0 Å². The zero-order chi connectivity index (χ0) is 13.7. The van der Waals surface area contributed by atoms with Crippen LogP contribution in [-0.4, -0.2) is 16.5 Å². The third-order valence-corrected chi connectivity index (χ3v) is 3.50. The summed E-state index contributed by atoms with van der Waals surface area (Å²) < 4.78 is 0. The first-order chi connectivity index (χ1) is 9.19. The average molecular weight is 265 g/mol. The fourth-order valence-corrected chi connectivity index (χ4v) is 2.49. The lowest BCUT2D eigenvalue weighted by molar-refractivity contribution is -0.384. The van der Waals surface area contributed by atoms with Gasteiger partial charge in [-0.15, -0.1) is 0 Å². The van der Waals surface area contributed by atoms with Gasteiger partial charge in [-0.1, -0.05) is 25.7 Å². The lowest BCUT2D eigenvalue weighted by atomic mass is 10.0. The number of pyridine rings is 1. The Morgan fingerprint density at radius 1 is 1.37 bits per heavy atom. The number of rotatable bonds is 6. The van der Waals surface area contributed by atoms with Crippen molar-refractivity contribution in [2.75, 3.05) is 17.3 Å². The predicted molar refractivity (Wildman–Crippen MR) is 73.8 cm³/mol. The summed E-state index contributed by atoms with van der Waals surface area (Å²) in [5, 5.41) is 13.9. The number of nitrogens with one attached hydrogen (secondary N) is 2. The van der Waals surface area contributed by atoms with Crippen molar-refractivity contribution < 1.29 is 4.92 Å². The fraction of sp³-hybridized carbons (Fsp3) is 0.583. The normalized spacial score (nSPS) is 15.4. The first-order valence-electron chi connectivity index (χ1n) is 6.56. The zero-order valence-corrected chi connectivity index (χ0v) is 10.8. The molecule has 7 heteroatoms. The molecule has 1 aliphatic carbocycles. The molecular weight excluding hydrogens is 246 g/mol. The van der Waals surface area contributed by atoms with E-state index < -0.39 is 4.92 Å². The first kappa shape index (κ1) is 13.5. The second kappa shape index (κ2) is 6.33. The highest BCUT2D eigenvalue weighted by Gasteiger charge is 2.15. The van der Waals surface area contributed by atoms with E-state index in [1.54, 1.807) is 0 Å². The number of nitrogens with zero attached hydrogens (tertiary/aromatic N) is 2. The molecule has 104 valence electrons. The number of nitrogen functional groups attached to an aromatic ring is 1. The summed E-state index contributed by atoms with van der Waals surface area (Å²) in [5.41, 5.74) is 2.32. The molecule has 4 N–H and O–H groups in total. The van der Waals surface area contributed by atoms with Crippen molar-refractivity contribution in [1.29, 1.82) is 0 Å². The fourth-order valence-electron chi connectivity index (χ4n) is 2.49. The van der Waals surface area contributed by atoms with Gasteiger partial charge in [0, 0.05) is 6.54 Å². The van der Waals surface area contributed by atoms with Crippen molar-refractivity contribution in [3.05, 3.63) is 22.2 Å². The Morgan fingerprint density at radius 3 is 2.68 bits per heavy atom. The van der Waals surface area contributed by atoms with E-state index in [9.17, 15) is 10.1 Å². The molecule has 0 amide bonds. The predicted octanol–water partition coefficient (Wildman–Crippen LogP) is 2.27. The van der Waals surface area contributed by atoms with E-state index in [-0.39, 0.29) is 11.5 Å². The van der Waals surface area contributed by atoms with Gasteiger partial charge in [0.25, 0.3) is 5.69 Å². The van der Waals surface area contributed by atoms with Crippen LogP contribution in [0.15, 0.2) is 12.1 Å². The average Bonchev–Trinajstić information content (AvgIpc) is 2.91. The molecule has 0 saturated heterocycles.